The van der Waals surface area contributed by atoms with E-state index in [2.05, 4.69) is 25.7 Å². The van der Waals surface area contributed by atoms with Crippen LogP contribution >= 0.6 is 0 Å². The molecule has 0 spiro atoms. The molecule has 0 bridgehead atoms. The zero-order chi connectivity index (χ0) is 10.4. The number of ether oxygens (including phenoxy) is 2. The van der Waals surface area contributed by atoms with Crippen LogP contribution in [0.25, 0.3) is 0 Å². The molecule has 1 unspecified atom stereocenters. The lowest BCUT2D eigenvalue weighted by Gasteiger charge is -2.13. The molecule has 3 nitrogen and oxygen atoms in total. The van der Waals surface area contributed by atoms with Gasteiger partial charge in [0.1, 0.15) is 0 Å². The van der Waals surface area contributed by atoms with Crippen molar-refractivity contribution in [2.45, 2.75) is 32.4 Å². The molecule has 1 fully saturated rings. The molecule has 0 saturated carbocycles. The van der Waals surface area contributed by atoms with E-state index in [1.807, 2.05) is 0 Å². The Morgan fingerprint density at radius 2 is 2.43 bits per heavy atom. The van der Waals surface area contributed by atoms with Gasteiger partial charge in [0.15, 0.2) is 0 Å². The topological polar surface area (TPSA) is 30.5 Å². The Kier molecular flexibility index (Phi) is 5.15. The van der Waals surface area contributed by atoms with Crippen LogP contribution < -0.4 is 5.32 Å². The highest BCUT2D eigenvalue weighted by Gasteiger charge is 2.15. The van der Waals surface area contributed by atoms with Gasteiger partial charge in [0, 0.05) is 19.2 Å². The average molecular weight is 199 g/mol. The number of nitrogens with one attached hydrogen (secondary N) is 1. The summed E-state index contributed by atoms with van der Waals surface area (Å²) >= 11 is 0. The minimum absolute atomic E-state index is 0.283. The standard InChI is InChI=1S/C11H21NO2/c1-9(2)12-6-10(3)7-14-11-4-5-13-8-11/h9,11-12H,3-8H2,1-2H3. The van der Waals surface area contributed by atoms with Crippen LogP contribution in [0.2, 0.25) is 0 Å². The highest BCUT2D eigenvalue weighted by molar-refractivity contribution is 4.97. The first-order valence-electron chi connectivity index (χ1n) is 5.28. The van der Waals surface area contributed by atoms with Crippen LogP contribution in [-0.2, 0) is 9.47 Å². The van der Waals surface area contributed by atoms with Crippen molar-refractivity contribution in [3.63, 3.8) is 0 Å². The van der Waals surface area contributed by atoms with Crippen molar-refractivity contribution < 1.29 is 9.47 Å². The Hall–Kier alpha value is -0.380. The molecule has 1 heterocycles. The van der Waals surface area contributed by atoms with Gasteiger partial charge < -0.3 is 14.8 Å². The van der Waals surface area contributed by atoms with Crippen molar-refractivity contribution in [1.29, 1.82) is 0 Å². The Labute approximate surface area is 86.5 Å². The normalized spacial score (nSPS) is 21.8. The SMILES string of the molecule is C=C(CNC(C)C)COC1CCOC1. The Morgan fingerprint density at radius 3 is 3.00 bits per heavy atom. The lowest BCUT2D eigenvalue weighted by Crippen LogP contribution is -2.26. The van der Waals surface area contributed by atoms with Gasteiger partial charge in [0.05, 0.1) is 19.3 Å². The van der Waals surface area contributed by atoms with Crippen molar-refractivity contribution in [2.24, 2.45) is 0 Å². The van der Waals surface area contributed by atoms with Crippen molar-refractivity contribution in [3.05, 3.63) is 12.2 Å². The fourth-order valence-electron chi connectivity index (χ4n) is 1.28. The van der Waals surface area contributed by atoms with Gasteiger partial charge in [-0.1, -0.05) is 20.4 Å². The predicted octanol–water partition coefficient (Wildman–Crippen LogP) is 1.35. The van der Waals surface area contributed by atoms with Gasteiger partial charge in [-0.25, -0.2) is 0 Å². The van der Waals surface area contributed by atoms with E-state index in [1.165, 1.54) is 0 Å². The van der Waals surface area contributed by atoms with E-state index in [1.54, 1.807) is 0 Å². The molecule has 1 aliphatic rings. The summed E-state index contributed by atoms with van der Waals surface area (Å²) in [7, 11) is 0. The molecule has 1 aliphatic heterocycles. The molecule has 0 aromatic heterocycles. The third-order valence-electron chi connectivity index (χ3n) is 2.17. The zero-order valence-corrected chi connectivity index (χ0v) is 9.21. The van der Waals surface area contributed by atoms with Gasteiger partial charge in [0.2, 0.25) is 0 Å². The smallest absolute Gasteiger partial charge is 0.0834 e. The van der Waals surface area contributed by atoms with Gasteiger partial charge in [-0.2, -0.15) is 0 Å². The van der Waals surface area contributed by atoms with Gasteiger partial charge in [-0.05, 0) is 12.0 Å². The molecule has 1 N–H and O–H groups in total. The van der Waals surface area contributed by atoms with E-state index < -0.39 is 0 Å². The van der Waals surface area contributed by atoms with Crippen LogP contribution in [0.1, 0.15) is 20.3 Å². The Morgan fingerprint density at radius 1 is 1.64 bits per heavy atom. The van der Waals surface area contributed by atoms with E-state index in [-0.39, 0.29) is 6.10 Å². The second kappa shape index (κ2) is 6.17. The molecular weight excluding hydrogens is 178 g/mol. The van der Waals surface area contributed by atoms with E-state index in [0.29, 0.717) is 12.6 Å². The van der Waals surface area contributed by atoms with Crippen LogP contribution in [0.5, 0.6) is 0 Å². The lowest BCUT2D eigenvalue weighted by atomic mass is 10.3. The van der Waals surface area contributed by atoms with E-state index in [9.17, 15) is 0 Å². The third kappa shape index (κ3) is 4.74. The first-order valence-corrected chi connectivity index (χ1v) is 5.28. The maximum Gasteiger partial charge on any atom is 0.0834 e. The number of hydrogen-bond acceptors (Lipinski definition) is 3. The molecule has 1 rings (SSSR count). The molecule has 0 aromatic carbocycles. The lowest BCUT2D eigenvalue weighted by molar-refractivity contribution is 0.0559. The fourth-order valence-corrected chi connectivity index (χ4v) is 1.28. The molecule has 0 radical (unpaired) electrons. The molecule has 0 amide bonds. The summed E-state index contributed by atoms with van der Waals surface area (Å²) in [5, 5.41) is 3.31. The van der Waals surface area contributed by atoms with Crippen LogP contribution in [0.4, 0.5) is 0 Å². The van der Waals surface area contributed by atoms with Gasteiger partial charge in [0.25, 0.3) is 0 Å². The minimum Gasteiger partial charge on any atom is -0.379 e. The summed E-state index contributed by atoms with van der Waals surface area (Å²) in [6, 6.07) is 0.501. The zero-order valence-electron chi connectivity index (χ0n) is 9.21. The second-order valence-electron chi connectivity index (χ2n) is 4.08. The number of hydrogen-bond donors (Lipinski definition) is 1. The monoisotopic (exact) mass is 199 g/mol. The summed E-state index contributed by atoms with van der Waals surface area (Å²) < 4.78 is 10.8. The van der Waals surface area contributed by atoms with Crippen LogP contribution in [0, 0.1) is 0 Å². The Bertz CT molecular complexity index is 174. The van der Waals surface area contributed by atoms with Crippen molar-refractivity contribution in [3.8, 4) is 0 Å². The number of rotatable bonds is 6. The first-order chi connectivity index (χ1) is 6.68. The van der Waals surface area contributed by atoms with Crippen molar-refractivity contribution in [1.82, 2.24) is 5.32 Å². The van der Waals surface area contributed by atoms with Gasteiger partial charge >= 0.3 is 0 Å². The molecule has 14 heavy (non-hydrogen) atoms. The summed E-state index contributed by atoms with van der Waals surface area (Å²) in [4.78, 5) is 0. The quantitative estimate of drug-likeness (QED) is 0.655. The van der Waals surface area contributed by atoms with Crippen LogP contribution in [0.3, 0.4) is 0 Å². The summed E-state index contributed by atoms with van der Waals surface area (Å²) in [5.74, 6) is 0. The van der Waals surface area contributed by atoms with Crippen LogP contribution in [0.15, 0.2) is 12.2 Å². The molecule has 0 aliphatic carbocycles. The summed E-state index contributed by atoms with van der Waals surface area (Å²) in [5.41, 5.74) is 1.10. The van der Waals surface area contributed by atoms with E-state index >= 15 is 0 Å². The van der Waals surface area contributed by atoms with Crippen LogP contribution in [-0.4, -0.2) is 38.5 Å². The van der Waals surface area contributed by atoms with Crippen molar-refractivity contribution >= 4 is 0 Å². The van der Waals surface area contributed by atoms with E-state index in [0.717, 1.165) is 31.8 Å². The van der Waals surface area contributed by atoms with Crippen molar-refractivity contribution in [2.75, 3.05) is 26.4 Å². The minimum atomic E-state index is 0.283. The predicted molar refractivity (Wildman–Crippen MR) is 57.5 cm³/mol. The maximum atomic E-state index is 5.63. The fraction of sp³-hybridized carbons (Fsp3) is 0.818. The van der Waals surface area contributed by atoms with Gasteiger partial charge in [-0.3, -0.25) is 0 Å². The average Bonchev–Trinajstić information content (AvgIpc) is 2.63. The molecule has 1 saturated heterocycles. The largest absolute Gasteiger partial charge is 0.379 e. The third-order valence-corrected chi connectivity index (χ3v) is 2.17. The van der Waals surface area contributed by atoms with E-state index in [4.69, 9.17) is 9.47 Å². The molecular formula is C11H21NO2. The molecule has 1 atom stereocenters. The van der Waals surface area contributed by atoms with Gasteiger partial charge in [-0.15, -0.1) is 0 Å². The molecule has 3 heteroatoms. The summed E-state index contributed by atoms with van der Waals surface area (Å²) in [6.07, 6.45) is 1.30. The maximum absolute atomic E-state index is 5.63. The molecule has 82 valence electrons. The highest BCUT2D eigenvalue weighted by Crippen LogP contribution is 2.08. The second-order valence-corrected chi connectivity index (χ2v) is 4.08. The highest BCUT2D eigenvalue weighted by atomic mass is 16.5. The first kappa shape index (κ1) is 11.7. The molecule has 0 aromatic rings. The Balaban J connectivity index is 2.02. The summed E-state index contributed by atoms with van der Waals surface area (Å²) in [6.45, 7) is 11.3.